The molecule has 106 valence electrons. The van der Waals surface area contributed by atoms with E-state index in [1.165, 1.54) is 0 Å². The third kappa shape index (κ3) is 3.53. The molecular weight excluding hydrogens is 240 g/mol. The zero-order valence-electron chi connectivity index (χ0n) is 12.3. The summed E-state index contributed by atoms with van der Waals surface area (Å²) in [6.07, 6.45) is 1.14. The van der Waals surface area contributed by atoms with E-state index >= 15 is 0 Å². The Bertz CT molecular complexity index is 410. The Morgan fingerprint density at radius 3 is 2.32 bits per heavy atom. The molecule has 0 spiro atoms. The molecule has 1 saturated heterocycles. The molecular formula is C15H24N2O2. The topological polar surface area (TPSA) is 33.7 Å². The number of nitrogens with zero attached hydrogens (tertiary/aromatic N) is 1. The summed E-state index contributed by atoms with van der Waals surface area (Å²) >= 11 is 0. The molecule has 4 heteroatoms. The van der Waals surface area contributed by atoms with E-state index in [0.717, 1.165) is 43.2 Å². The summed E-state index contributed by atoms with van der Waals surface area (Å²) < 4.78 is 10.7. The van der Waals surface area contributed by atoms with Crippen LogP contribution < -0.4 is 19.7 Å². The Morgan fingerprint density at radius 2 is 1.74 bits per heavy atom. The number of hydrogen-bond donors (Lipinski definition) is 1. The summed E-state index contributed by atoms with van der Waals surface area (Å²) in [5.74, 6) is 1.67. The van der Waals surface area contributed by atoms with Gasteiger partial charge in [0.05, 0.1) is 14.2 Å². The Hall–Kier alpha value is -1.42. The van der Waals surface area contributed by atoms with Crippen molar-refractivity contribution in [2.75, 3.05) is 38.8 Å². The summed E-state index contributed by atoms with van der Waals surface area (Å²) in [5, 5.41) is 3.57. The average molecular weight is 264 g/mol. The number of ether oxygens (including phenoxy) is 2. The highest BCUT2D eigenvalue weighted by atomic mass is 16.5. The highest BCUT2D eigenvalue weighted by Gasteiger charge is 2.24. The SMILES string of the molecule is COc1cc(OC)cc(N2CCCNC(C)(C)C2)c1. The Kier molecular flexibility index (Phi) is 4.20. The summed E-state index contributed by atoms with van der Waals surface area (Å²) in [7, 11) is 3.37. The lowest BCUT2D eigenvalue weighted by Gasteiger charge is -2.31. The van der Waals surface area contributed by atoms with Crippen LogP contribution in [0.1, 0.15) is 20.3 Å². The van der Waals surface area contributed by atoms with Crippen molar-refractivity contribution in [3.05, 3.63) is 18.2 Å². The van der Waals surface area contributed by atoms with Crippen LogP contribution in [0.3, 0.4) is 0 Å². The molecule has 0 amide bonds. The van der Waals surface area contributed by atoms with Crippen molar-refractivity contribution < 1.29 is 9.47 Å². The van der Waals surface area contributed by atoms with Crippen LogP contribution in [0, 0.1) is 0 Å². The maximum Gasteiger partial charge on any atom is 0.124 e. The molecule has 19 heavy (non-hydrogen) atoms. The van der Waals surface area contributed by atoms with Gasteiger partial charge in [0.15, 0.2) is 0 Å². The Balaban J connectivity index is 2.28. The first-order valence-electron chi connectivity index (χ1n) is 6.77. The van der Waals surface area contributed by atoms with Gasteiger partial charge in [0.2, 0.25) is 0 Å². The van der Waals surface area contributed by atoms with Gasteiger partial charge in [-0.15, -0.1) is 0 Å². The van der Waals surface area contributed by atoms with Crippen molar-refractivity contribution in [3.8, 4) is 11.5 Å². The predicted octanol–water partition coefficient (Wildman–Crippen LogP) is 2.28. The van der Waals surface area contributed by atoms with E-state index in [9.17, 15) is 0 Å². The zero-order valence-corrected chi connectivity index (χ0v) is 12.3. The monoisotopic (exact) mass is 264 g/mol. The lowest BCUT2D eigenvalue weighted by molar-refractivity contribution is 0.393. The van der Waals surface area contributed by atoms with Gasteiger partial charge >= 0.3 is 0 Å². The van der Waals surface area contributed by atoms with Gasteiger partial charge in [-0.1, -0.05) is 0 Å². The van der Waals surface area contributed by atoms with Crippen LogP contribution in [0.4, 0.5) is 5.69 Å². The maximum atomic E-state index is 5.35. The fourth-order valence-electron chi connectivity index (χ4n) is 2.50. The minimum Gasteiger partial charge on any atom is -0.497 e. The van der Waals surface area contributed by atoms with Crippen molar-refractivity contribution in [1.82, 2.24) is 5.32 Å². The highest BCUT2D eigenvalue weighted by Crippen LogP contribution is 2.29. The molecule has 1 fully saturated rings. The van der Waals surface area contributed by atoms with Gasteiger partial charge in [-0.3, -0.25) is 0 Å². The number of anilines is 1. The summed E-state index contributed by atoms with van der Waals surface area (Å²) in [4.78, 5) is 2.39. The molecule has 2 rings (SSSR count). The number of hydrogen-bond acceptors (Lipinski definition) is 4. The highest BCUT2D eigenvalue weighted by molar-refractivity contribution is 5.56. The van der Waals surface area contributed by atoms with Crippen molar-refractivity contribution in [2.45, 2.75) is 25.8 Å². The molecule has 0 aromatic heterocycles. The Morgan fingerprint density at radius 1 is 1.11 bits per heavy atom. The number of rotatable bonds is 3. The van der Waals surface area contributed by atoms with Gasteiger partial charge in [0.1, 0.15) is 11.5 Å². The molecule has 0 saturated carbocycles. The minimum atomic E-state index is 0.118. The predicted molar refractivity (Wildman–Crippen MR) is 78.5 cm³/mol. The summed E-state index contributed by atoms with van der Waals surface area (Å²) in [5.41, 5.74) is 1.28. The maximum absolute atomic E-state index is 5.35. The first-order valence-corrected chi connectivity index (χ1v) is 6.77. The van der Waals surface area contributed by atoms with Gasteiger partial charge in [0, 0.05) is 42.5 Å². The molecule has 0 unspecified atom stereocenters. The minimum absolute atomic E-state index is 0.118. The summed E-state index contributed by atoms with van der Waals surface area (Å²) in [6, 6.07) is 6.05. The van der Waals surface area contributed by atoms with Gasteiger partial charge in [0.25, 0.3) is 0 Å². The van der Waals surface area contributed by atoms with Crippen LogP contribution >= 0.6 is 0 Å². The molecule has 0 bridgehead atoms. The fraction of sp³-hybridized carbons (Fsp3) is 0.600. The lowest BCUT2D eigenvalue weighted by atomic mass is 10.1. The second kappa shape index (κ2) is 5.70. The van der Waals surface area contributed by atoms with E-state index < -0.39 is 0 Å². The largest absolute Gasteiger partial charge is 0.497 e. The van der Waals surface area contributed by atoms with E-state index in [0.29, 0.717) is 0 Å². The summed E-state index contributed by atoms with van der Waals surface area (Å²) in [6.45, 7) is 7.56. The van der Waals surface area contributed by atoms with Crippen molar-refractivity contribution >= 4 is 5.69 Å². The second-order valence-corrected chi connectivity index (χ2v) is 5.66. The molecule has 0 radical (unpaired) electrons. The van der Waals surface area contributed by atoms with Gasteiger partial charge in [-0.05, 0) is 26.8 Å². The molecule has 1 N–H and O–H groups in total. The average Bonchev–Trinajstić information content (AvgIpc) is 2.59. The molecule has 0 atom stereocenters. The van der Waals surface area contributed by atoms with Crippen LogP contribution in [-0.4, -0.2) is 39.4 Å². The van der Waals surface area contributed by atoms with E-state index in [1.54, 1.807) is 14.2 Å². The van der Waals surface area contributed by atoms with Gasteiger partial charge in [-0.25, -0.2) is 0 Å². The second-order valence-electron chi connectivity index (χ2n) is 5.66. The molecule has 4 nitrogen and oxygen atoms in total. The van der Waals surface area contributed by atoms with E-state index in [2.05, 4.69) is 36.2 Å². The standard InChI is InChI=1S/C15H24N2O2/c1-15(2)11-17(7-5-6-16-15)12-8-13(18-3)10-14(9-12)19-4/h8-10,16H,5-7,11H2,1-4H3. The normalized spacial score (nSPS) is 18.8. The third-order valence-corrected chi connectivity index (χ3v) is 3.50. The molecule has 0 aliphatic carbocycles. The van der Waals surface area contributed by atoms with Crippen LogP contribution in [0.5, 0.6) is 11.5 Å². The zero-order chi connectivity index (χ0) is 13.9. The molecule has 1 aliphatic heterocycles. The fourth-order valence-corrected chi connectivity index (χ4v) is 2.50. The molecule has 1 aromatic rings. The quantitative estimate of drug-likeness (QED) is 0.908. The van der Waals surface area contributed by atoms with E-state index in [4.69, 9.17) is 9.47 Å². The molecule has 1 heterocycles. The lowest BCUT2D eigenvalue weighted by Crippen LogP contribution is -2.46. The van der Waals surface area contributed by atoms with Crippen molar-refractivity contribution in [1.29, 1.82) is 0 Å². The van der Waals surface area contributed by atoms with E-state index in [1.807, 2.05) is 6.07 Å². The van der Waals surface area contributed by atoms with E-state index in [-0.39, 0.29) is 5.54 Å². The first kappa shape index (κ1) is 14.0. The van der Waals surface area contributed by atoms with Crippen LogP contribution in [0.2, 0.25) is 0 Å². The smallest absolute Gasteiger partial charge is 0.124 e. The first-order chi connectivity index (χ1) is 9.04. The van der Waals surface area contributed by atoms with Crippen LogP contribution in [0.25, 0.3) is 0 Å². The number of nitrogens with one attached hydrogen (secondary N) is 1. The van der Waals surface area contributed by atoms with Crippen LogP contribution in [0.15, 0.2) is 18.2 Å². The number of methoxy groups -OCH3 is 2. The van der Waals surface area contributed by atoms with Crippen molar-refractivity contribution in [3.63, 3.8) is 0 Å². The Labute approximate surface area is 115 Å². The van der Waals surface area contributed by atoms with Gasteiger partial charge in [-0.2, -0.15) is 0 Å². The molecule has 1 aliphatic rings. The van der Waals surface area contributed by atoms with Crippen LogP contribution in [-0.2, 0) is 0 Å². The molecule has 1 aromatic carbocycles. The number of benzene rings is 1. The van der Waals surface area contributed by atoms with Crippen molar-refractivity contribution in [2.24, 2.45) is 0 Å². The third-order valence-electron chi connectivity index (χ3n) is 3.50. The van der Waals surface area contributed by atoms with Gasteiger partial charge < -0.3 is 19.7 Å².